The van der Waals surface area contributed by atoms with Crippen LogP contribution in [0.1, 0.15) is 31.7 Å². The van der Waals surface area contributed by atoms with Gasteiger partial charge < -0.3 is 20.3 Å². The molecule has 1 amide bonds. The van der Waals surface area contributed by atoms with Crippen LogP contribution in [0.4, 0.5) is 0 Å². The Hall–Kier alpha value is -2.63. The molecule has 0 aliphatic rings. The van der Waals surface area contributed by atoms with E-state index in [0.29, 0.717) is 31.6 Å². The molecule has 29 heavy (non-hydrogen) atoms. The summed E-state index contributed by atoms with van der Waals surface area (Å²) in [5, 5.41) is 22.3. The van der Waals surface area contributed by atoms with Gasteiger partial charge in [0.1, 0.15) is 5.75 Å². The van der Waals surface area contributed by atoms with Crippen molar-refractivity contribution in [2.24, 2.45) is 0 Å². The predicted molar refractivity (Wildman–Crippen MR) is 118 cm³/mol. The van der Waals surface area contributed by atoms with E-state index in [2.05, 4.69) is 12.2 Å². The van der Waals surface area contributed by atoms with E-state index in [1.807, 2.05) is 42.5 Å². The molecule has 5 nitrogen and oxygen atoms in total. The van der Waals surface area contributed by atoms with E-state index in [1.54, 1.807) is 37.4 Å². The first-order valence-electron chi connectivity index (χ1n) is 10.00. The molecule has 1 aromatic carbocycles. The van der Waals surface area contributed by atoms with Crippen molar-refractivity contribution in [2.75, 3.05) is 13.7 Å². The Morgan fingerprint density at radius 3 is 2.31 bits per heavy atom. The number of likely N-dealkylation sites (N-methyl/N-ethyl adjacent to an activating group) is 1. The van der Waals surface area contributed by atoms with Crippen LogP contribution in [0.2, 0.25) is 0 Å². The fourth-order valence-corrected chi connectivity index (χ4v) is 2.37. The van der Waals surface area contributed by atoms with Gasteiger partial charge in [-0.2, -0.15) is 0 Å². The number of amides is 1. The van der Waals surface area contributed by atoms with Crippen LogP contribution in [-0.2, 0) is 11.2 Å². The minimum Gasteiger partial charge on any atom is -0.493 e. The van der Waals surface area contributed by atoms with Crippen molar-refractivity contribution in [3.63, 3.8) is 0 Å². The van der Waals surface area contributed by atoms with Crippen molar-refractivity contribution in [1.29, 1.82) is 0 Å². The molecule has 1 aromatic rings. The Balaban J connectivity index is 2.25. The van der Waals surface area contributed by atoms with Crippen molar-refractivity contribution in [1.82, 2.24) is 5.32 Å². The van der Waals surface area contributed by atoms with Gasteiger partial charge in [-0.3, -0.25) is 4.79 Å². The second-order valence-corrected chi connectivity index (χ2v) is 6.54. The van der Waals surface area contributed by atoms with Gasteiger partial charge in [-0.1, -0.05) is 67.7 Å². The minimum absolute atomic E-state index is 0.0292. The first kappa shape index (κ1) is 24.4. The molecular weight excluding hydrogens is 366 g/mol. The molecule has 158 valence electrons. The highest BCUT2D eigenvalue weighted by Crippen LogP contribution is 2.13. The smallest absolute Gasteiger partial charge is 0.224 e. The zero-order valence-corrected chi connectivity index (χ0v) is 17.3. The van der Waals surface area contributed by atoms with E-state index in [-0.39, 0.29) is 5.91 Å². The molecule has 0 aliphatic carbocycles. The van der Waals surface area contributed by atoms with Crippen molar-refractivity contribution in [3.05, 3.63) is 78.4 Å². The normalized spacial score (nSPS) is 14.2. The SMILES string of the molecule is CC/C=C\C[C@H](O)/C=C/C=C\C=C\[C@@H](O)CCOc1ccc(CC(=O)NC)cc1. The number of aliphatic hydroxyl groups excluding tert-OH is 2. The van der Waals surface area contributed by atoms with Crippen LogP contribution in [0.5, 0.6) is 5.75 Å². The Bertz CT molecular complexity index is 689. The van der Waals surface area contributed by atoms with Gasteiger partial charge >= 0.3 is 0 Å². The zero-order valence-electron chi connectivity index (χ0n) is 17.3. The molecule has 1 rings (SSSR count). The fraction of sp³-hybridized carbons (Fsp3) is 0.375. The molecule has 0 aromatic heterocycles. The Kier molecular flexibility index (Phi) is 12.9. The molecular formula is C24H33NO4. The van der Waals surface area contributed by atoms with Crippen LogP contribution in [-0.4, -0.2) is 42.0 Å². The highest BCUT2D eigenvalue weighted by atomic mass is 16.5. The number of allylic oxidation sites excluding steroid dienone is 5. The topological polar surface area (TPSA) is 78.8 Å². The first-order chi connectivity index (χ1) is 14.0. The molecule has 0 saturated carbocycles. The maximum atomic E-state index is 11.3. The molecule has 5 heteroatoms. The summed E-state index contributed by atoms with van der Waals surface area (Å²) in [6.07, 6.45) is 15.9. The van der Waals surface area contributed by atoms with Crippen molar-refractivity contribution < 1.29 is 19.7 Å². The molecule has 0 bridgehead atoms. The predicted octanol–water partition coefficient (Wildman–Crippen LogP) is 3.49. The van der Waals surface area contributed by atoms with Crippen LogP contribution in [0.25, 0.3) is 0 Å². The fourth-order valence-electron chi connectivity index (χ4n) is 2.37. The Labute approximate surface area is 174 Å². The molecule has 0 heterocycles. The van der Waals surface area contributed by atoms with Gasteiger partial charge in [0.25, 0.3) is 0 Å². The van der Waals surface area contributed by atoms with Gasteiger partial charge in [0.15, 0.2) is 0 Å². The van der Waals surface area contributed by atoms with Crippen LogP contribution in [0, 0.1) is 0 Å². The van der Waals surface area contributed by atoms with Crippen LogP contribution >= 0.6 is 0 Å². The molecule has 0 spiro atoms. The summed E-state index contributed by atoms with van der Waals surface area (Å²) in [5.41, 5.74) is 0.922. The van der Waals surface area contributed by atoms with Crippen LogP contribution < -0.4 is 10.1 Å². The highest BCUT2D eigenvalue weighted by Gasteiger charge is 2.02. The summed E-state index contributed by atoms with van der Waals surface area (Å²) in [6, 6.07) is 7.36. The average Bonchev–Trinajstić information content (AvgIpc) is 2.72. The van der Waals surface area contributed by atoms with Gasteiger partial charge in [0.05, 0.1) is 25.2 Å². The summed E-state index contributed by atoms with van der Waals surface area (Å²) in [5.74, 6) is 0.678. The van der Waals surface area contributed by atoms with E-state index in [1.165, 1.54) is 0 Å². The number of benzene rings is 1. The van der Waals surface area contributed by atoms with E-state index in [4.69, 9.17) is 4.74 Å². The lowest BCUT2D eigenvalue weighted by atomic mass is 10.1. The van der Waals surface area contributed by atoms with Crippen LogP contribution in [0.3, 0.4) is 0 Å². The van der Waals surface area contributed by atoms with Crippen molar-refractivity contribution in [2.45, 2.75) is 44.8 Å². The Morgan fingerprint density at radius 2 is 1.69 bits per heavy atom. The lowest BCUT2D eigenvalue weighted by Gasteiger charge is -2.09. The quantitative estimate of drug-likeness (QED) is 0.350. The Morgan fingerprint density at radius 1 is 1.03 bits per heavy atom. The third kappa shape index (κ3) is 12.4. The molecule has 2 atom stereocenters. The maximum Gasteiger partial charge on any atom is 0.224 e. The van der Waals surface area contributed by atoms with Crippen molar-refractivity contribution >= 4 is 5.91 Å². The number of carbonyl (C=O) groups excluding carboxylic acids is 1. The van der Waals surface area contributed by atoms with Gasteiger partial charge in [-0.25, -0.2) is 0 Å². The van der Waals surface area contributed by atoms with Gasteiger partial charge in [-0.05, 0) is 30.5 Å². The number of hydrogen-bond acceptors (Lipinski definition) is 4. The molecule has 0 saturated heterocycles. The summed E-state index contributed by atoms with van der Waals surface area (Å²) >= 11 is 0. The number of ether oxygens (including phenoxy) is 1. The molecule has 0 aliphatic heterocycles. The number of hydrogen-bond donors (Lipinski definition) is 3. The number of aliphatic hydroxyl groups is 2. The second kappa shape index (κ2) is 15.3. The molecule has 3 N–H and O–H groups in total. The summed E-state index contributed by atoms with van der Waals surface area (Å²) in [4.78, 5) is 11.3. The zero-order chi connectivity index (χ0) is 21.3. The van der Waals surface area contributed by atoms with Gasteiger partial charge in [-0.15, -0.1) is 0 Å². The third-order valence-electron chi connectivity index (χ3n) is 4.03. The van der Waals surface area contributed by atoms with E-state index >= 15 is 0 Å². The summed E-state index contributed by atoms with van der Waals surface area (Å²) < 4.78 is 5.62. The van der Waals surface area contributed by atoms with E-state index in [0.717, 1.165) is 12.0 Å². The molecule has 0 fully saturated rings. The number of rotatable bonds is 13. The van der Waals surface area contributed by atoms with Crippen molar-refractivity contribution in [3.8, 4) is 5.75 Å². The largest absolute Gasteiger partial charge is 0.493 e. The lowest BCUT2D eigenvalue weighted by Crippen LogP contribution is -2.19. The third-order valence-corrected chi connectivity index (χ3v) is 4.03. The second-order valence-electron chi connectivity index (χ2n) is 6.54. The number of nitrogens with one attached hydrogen (secondary N) is 1. The van der Waals surface area contributed by atoms with E-state index in [9.17, 15) is 15.0 Å². The highest BCUT2D eigenvalue weighted by molar-refractivity contribution is 5.78. The monoisotopic (exact) mass is 399 g/mol. The molecule has 0 unspecified atom stereocenters. The average molecular weight is 400 g/mol. The first-order valence-corrected chi connectivity index (χ1v) is 10.00. The van der Waals surface area contributed by atoms with Gasteiger partial charge in [0, 0.05) is 13.5 Å². The standard InChI is InChI=1S/C24H33NO4/c1-3-4-7-10-21(26)11-8-5-6-9-12-22(27)17-18-29-23-15-13-20(14-16-23)19-24(28)25-2/h4-9,11-16,21-22,26-27H,3,10,17-19H2,1-2H3,(H,25,28)/b6-5-,7-4-,11-8+,12-9+/t21-,22+/m0/s1. The van der Waals surface area contributed by atoms with Gasteiger partial charge in [0.2, 0.25) is 5.91 Å². The van der Waals surface area contributed by atoms with Crippen LogP contribution in [0.15, 0.2) is 72.9 Å². The summed E-state index contributed by atoms with van der Waals surface area (Å²) in [7, 11) is 1.61. The summed E-state index contributed by atoms with van der Waals surface area (Å²) in [6.45, 7) is 2.45. The molecule has 0 radical (unpaired) electrons. The number of carbonyl (C=O) groups is 1. The van der Waals surface area contributed by atoms with E-state index < -0.39 is 12.2 Å². The minimum atomic E-state index is -0.596. The lowest BCUT2D eigenvalue weighted by molar-refractivity contribution is -0.119. The maximum absolute atomic E-state index is 11.3.